The summed E-state index contributed by atoms with van der Waals surface area (Å²) in [5.74, 6) is -0.306. The maximum atomic E-state index is 14.0. The first kappa shape index (κ1) is 20.6. The zero-order valence-electron chi connectivity index (χ0n) is 16.5. The highest BCUT2D eigenvalue weighted by Gasteiger charge is 2.52. The Balaban J connectivity index is 1.94. The first-order chi connectivity index (χ1) is 14.4. The van der Waals surface area contributed by atoms with Crippen molar-refractivity contribution in [3.8, 4) is 0 Å². The molecular weight excluding hydrogens is 406 g/mol. The SMILES string of the molecule is CC(O)CN1C(=O)C(C2=CCCC(F)C=C2)(c2ccc(F)cc2)N=C1c1cccs1. The van der Waals surface area contributed by atoms with Crippen LogP contribution in [0, 0.1) is 5.82 Å². The summed E-state index contributed by atoms with van der Waals surface area (Å²) < 4.78 is 27.7. The summed E-state index contributed by atoms with van der Waals surface area (Å²) in [4.78, 5) is 21.1. The van der Waals surface area contributed by atoms with E-state index in [1.165, 1.54) is 34.4 Å². The van der Waals surface area contributed by atoms with E-state index in [0.717, 1.165) is 4.88 Å². The Hall–Kier alpha value is -2.64. The van der Waals surface area contributed by atoms with Crippen LogP contribution in [-0.2, 0) is 10.3 Å². The molecule has 156 valence electrons. The molecule has 1 N–H and O–H groups in total. The summed E-state index contributed by atoms with van der Waals surface area (Å²) in [5.41, 5.74) is -0.395. The molecule has 2 aromatic rings. The molecule has 1 aliphatic carbocycles. The average molecular weight is 429 g/mol. The largest absolute Gasteiger partial charge is 0.392 e. The number of carbonyl (C=O) groups excluding carboxylic acids is 1. The summed E-state index contributed by atoms with van der Waals surface area (Å²) in [6.45, 7) is 1.68. The Kier molecular flexibility index (Phi) is 5.66. The summed E-state index contributed by atoms with van der Waals surface area (Å²) >= 11 is 1.44. The maximum absolute atomic E-state index is 14.0. The van der Waals surface area contributed by atoms with Gasteiger partial charge in [0.25, 0.3) is 5.91 Å². The molecule has 0 radical (unpaired) electrons. The highest BCUT2D eigenvalue weighted by atomic mass is 32.1. The van der Waals surface area contributed by atoms with Crippen molar-refractivity contribution in [2.45, 2.75) is 37.6 Å². The smallest absolute Gasteiger partial charge is 0.265 e. The lowest BCUT2D eigenvalue weighted by Crippen LogP contribution is -2.44. The summed E-state index contributed by atoms with van der Waals surface area (Å²) in [6.07, 6.45) is 3.80. The normalized spacial score (nSPS) is 25.1. The standard InChI is InChI=1S/C23H22F2N2O2S/c1-15(28)14-27-21(20-6-3-13-30-20)26-23(22(27)29,17-8-11-19(25)12-9-17)16-4-2-5-18(24)10-7-16/h3-4,6-13,15,18,28H,2,5,14H2,1H3. The lowest BCUT2D eigenvalue weighted by Gasteiger charge is -2.28. The predicted molar refractivity (Wildman–Crippen MR) is 114 cm³/mol. The predicted octanol–water partition coefficient (Wildman–Crippen LogP) is 4.37. The fourth-order valence-electron chi connectivity index (χ4n) is 3.86. The molecule has 7 heteroatoms. The summed E-state index contributed by atoms with van der Waals surface area (Å²) in [5, 5.41) is 11.9. The lowest BCUT2D eigenvalue weighted by molar-refractivity contribution is -0.131. The van der Waals surface area contributed by atoms with Gasteiger partial charge in [0.05, 0.1) is 17.5 Å². The van der Waals surface area contributed by atoms with E-state index in [-0.39, 0.29) is 12.5 Å². The van der Waals surface area contributed by atoms with E-state index in [1.54, 1.807) is 25.1 Å². The number of hydrogen-bond donors (Lipinski definition) is 1. The van der Waals surface area contributed by atoms with Gasteiger partial charge >= 0.3 is 0 Å². The number of aliphatic hydroxyl groups excluding tert-OH is 1. The van der Waals surface area contributed by atoms with Crippen molar-refractivity contribution < 1.29 is 18.7 Å². The second kappa shape index (κ2) is 8.24. The molecule has 1 aliphatic heterocycles. The number of amidine groups is 1. The molecule has 0 saturated carbocycles. The Labute approximate surface area is 177 Å². The number of hydrogen-bond acceptors (Lipinski definition) is 4. The summed E-state index contributed by atoms with van der Waals surface area (Å²) in [6, 6.07) is 9.40. The molecule has 0 bridgehead atoms. The Morgan fingerprint density at radius 3 is 2.77 bits per heavy atom. The minimum atomic E-state index is -1.46. The van der Waals surface area contributed by atoms with Crippen molar-refractivity contribution in [3.63, 3.8) is 0 Å². The van der Waals surface area contributed by atoms with Crippen molar-refractivity contribution in [1.29, 1.82) is 0 Å². The number of nitrogens with zero attached hydrogens (tertiary/aromatic N) is 2. The number of aliphatic imine (C=N–C) groups is 1. The van der Waals surface area contributed by atoms with Crippen molar-refractivity contribution in [1.82, 2.24) is 4.90 Å². The first-order valence-electron chi connectivity index (χ1n) is 9.84. The van der Waals surface area contributed by atoms with Gasteiger partial charge in [-0.15, -0.1) is 11.3 Å². The van der Waals surface area contributed by atoms with Crippen molar-refractivity contribution in [3.05, 3.63) is 81.8 Å². The van der Waals surface area contributed by atoms with Gasteiger partial charge in [0.15, 0.2) is 5.54 Å². The monoisotopic (exact) mass is 428 g/mol. The number of halogens is 2. The molecule has 3 unspecified atom stereocenters. The number of benzene rings is 1. The van der Waals surface area contributed by atoms with Gasteiger partial charge in [-0.25, -0.2) is 13.8 Å². The van der Waals surface area contributed by atoms with Crippen LogP contribution in [-0.4, -0.2) is 40.6 Å². The van der Waals surface area contributed by atoms with Gasteiger partial charge in [0.1, 0.15) is 17.8 Å². The molecule has 1 aromatic heterocycles. The fraction of sp³-hybridized carbons (Fsp3) is 0.304. The minimum absolute atomic E-state index is 0.0707. The molecule has 2 heterocycles. The van der Waals surface area contributed by atoms with Crippen LogP contribution in [0.1, 0.15) is 30.2 Å². The van der Waals surface area contributed by atoms with Crippen LogP contribution in [0.2, 0.25) is 0 Å². The van der Waals surface area contributed by atoms with E-state index in [0.29, 0.717) is 29.8 Å². The maximum Gasteiger partial charge on any atom is 0.265 e. The van der Waals surface area contributed by atoms with E-state index in [1.807, 2.05) is 23.6 Å². The topological polar surface area (TPSA) is 52.9 Å². The third-order valence-corrected chi connectivity index (χ3v) is 6.11. The van der Waals surface area contributed by atoms with Gasteiger partial charge in [-0.1, -0.05) is 36.4 Å². The van der Waals surface area contributed by atoms with Gasteiger partial charge in [-0.3, -0.25) is 9.69 Å². The third-order valence-electron chi connectivity index (χ3n) is 5.24. The van der Waals surface area contributed by atoms with E-state index in [9.17, 15) is 18.7 Å². The van der Waals surface area contributed by atoms with Crippen LogP contribution >= 0.6 is 11.3 Å². The molecule has 30 heavy (non-hydrogen) atoms. The van der Waals surface area contributed by atoms with Gasteiger partial charge in [0.2, 0.25) is 0 Å². The molecule has 3 atom stereocenters. The molecule has 1 amide bonds. The van der Waals surface area contributed by atoms with Crippen LogP contribution < -0.4 is 0 Å². The number of thiophene rings is 1. The average Bonchev–Trinajstić information content (AvgIpc) is 3.27. The number of allylic oxidation sites excluding steroid dienone is 2. The number of aliphatic hydroxyl groups is 1. The molecule has 0 fully saturated rings. The van der Waals surface area contributed by atoms with Gasteiger partial charge < -0.3 is 5.11 Å². The van der Waals surface area contributed by atoms with Crippen molar-refractivity contribution in [2.75, 3.05) is 6.54 Å². The highest BCUT2D eigenvalue weighted by molar-refractivity contribution is 7.12. The molecule has 4 nitrogen and oxygen atoms in total. The van der Waals surface area contributed by atoms with Crippen LogP contribution in [0.15, 0.2) is 70.6 Å². The van der Waals surface area contributed by atoms with Crippen LogP contribution in [0.3, 0.4) is 0 Å². The second-order valence-corrected chi connectivity index (χ2v) is 8.45. The van der Waals surface area contributed by atoms with Gasteiger partial charge in [-0.2, -0.15) is 0 Å². The van der Waals surface area contributed by atoms with Crippen molar-refractivity contribution in [2.24, 2.45) is 4.99 Å². The highest BCUT2D eigenvalue weighted by Crippen LogP contribution is 2.43. The minimum Gasteiger partial charge on any atom is -0.392 e. The quantitative estimate of drug-likeness (QED) is 0.769. The molecule has 0 saturated heterocycles. The zero-order valence-corrected chi connectivity index (χ0v) is 17.3. The number of alkyl halides is 1. The Morgan fingerprint density at radius 1 is 1.33 bits per heavy atom. The van der Waals surface area contributed by atoms with E-state index < -0.39 is 23.6 Å². The van der Waals surface area contributed by atoms with E-state index in [2.05, 4.69) is 0 Å². The molecule has 0 spiro atoms. The van der Waals surface area contributed by atoms with Gasteiger partial charge in [0, 0.05) is 0 Å². The number of rotatable bonds is 5. The number of amides is 1. The summed E-state index contributed by atoms with van der Waals surface area (Å²) in [7, 11) is 0. The first-order valence-corrected chi connectivity index (χ1v) is 10.7. The van der Waals surface area contributed by atoms with Crippen LogP contribution in [0.5, 0.6) is 0 Å². The van der Waals surface area contributed by atoms with Crippen molar-refractivity contribution >= 4 is 23.1 Å². The van der Waals surface area contributed by atoms with Gasteiger partial charge in [-0.05, 0) is 54.5 Å². The number of carbonyl (C=O) groups is 1. The fourth-order valence-corrected chi connectivity index (χ4v) is 4.58. The molecular formula is C23H22F2N2O2S. The molecule has 2 aliphatic rings. The van der Waals surface area contributed by atoms with E-state index in [4.69, 9.17) is 4.99 Å². The second-order valence-electron chi connectivity index (χ2n) is 7.51. The molecule has 4 rings (SSSR count). The third kappa shape index (κ3) is 3.63. The van der Waals surface area contributed by atoms with E-state index >= 15 is 0 Å². The Morgan fingerprint density at radius 2 is 2.10 bits per heavy atom. The lowest BCUT2D eigenvalue weighted by atomic mass is 9.81. The Bertz CT molecular complexity index is 1010. The van der Waals surface area contributed by atoms with Crippen LogP contribution in [0.4, 0.5) is 8.78 Å². The molecule has 1 aromatic carbocycles. The van der Waals surface area contributed by atoms with Crippen LogP contribution in [0.25, 0.3) is 0 Å². The number of β-amino-alcohol motifs (C(OH)–C–C–N with tert-alkyl or cyclic N) is 1. The zero-order chi connectivity index (χ0) is 21.3.